The fourth-order valence-electron chi connectivity index (χ4n) is 3.30. The fourth-order valence-corrected chi connectivity index (χ4v) is 3.43. The lowest BCUT2D eigenvalue weighted by Gasteiger charge is -2.32. The van der Waals surface area contributed by atoms with E-state index in [4.69, 9.17) is 16.1 Å². The van der Waals surface area contributed by atoms with E-state index in [0.29, 0.717) is 17.2 Å². The summed E-state index contributed by atoms with van der Waals surface area (Å²) in [6, 6.07) is 7.67. The molecule has 0 spiro atoms. The molecule has 150 valence electrons. The van der Waals surface area contributed by atoms with Crippen LogP contribution < -0.4 is 5.32 Å². The summed E-state index contributed by atoms with van der Waals surface area (Å²) in [6.07, 6.45) is 0.450. The van der Waals surface area contributed by atoms with Crippen LogP contribution in [0.4, 0.5) is 23.7 Å². The van der Waals surface area contributed by atoms with Crippen molar-refractivity contribution in [2.75, 3.05) is 5.32 Å². The minimum Gasteiger partial charge on any atom is -0.356 e. The summed E-state index contributed by atoms with van der Waals surface area (Å²) in [5.74, 6) is -3.81. The Hall–Kier alpha value is -3.00. The summed E-state index contributed by atoms with van der Waals surface area (Å²) in [4.78, 5) is 14.2. The van der Waals surface area contributed by atoms with E-state index >= 15 is 0 Å². The van der Waals surface area contributed by atoms with Gasteiger partial charge in [0, 0.05) is 46.4 Å². The third-order valence-corrected chi connectivity index (χ3v) is 5.07. The summed E-state index contributed by atoms with van der Waals surface area (Å²) >= 11 is 5.93. The van der Waals surface area contributed by atoms with E-state index in [2.05, 4.69) is 10.5 Å². The van der Waals surface area contributed by atoms with Gasteiger partial charge in [-0.25, -0.2) is 18.0 Å². The Labute approximate surface area is 169 Å². The van der Waals surface area contributed by atoms with Crippen molar-refractivity contribution < 1.29 is 22.5 Å². The summed E-state index contributed by atoms with van der Waals surface area (Å²) in [5, 5.41) is 7.10. The SMILES string of the molecule is C[C@H]1Cc2noc(-c3ccc(Cl)cc3)c2CN1C(=O)Nc1cc(F)c(F)c(F)c1. The van der Waals surface area contributed by atoms with E-state index in [9.17, 15) is 18.0 Å². The number of fused-ring (bicyclic) bond motifs is 1. The number of hydrogen-bond acceptors (Lipinski definition) is 3. The second-order valence-corrected chi connectivity index (χ2v) is 7.25. The van der Waals surface area contributed by atoms with E-state index in [0.717, 1.165) is 29.0 Å². The fraction of sp³-hybridized carbons (Fsp3) is 0.200. The number of carbonyl (C=O) groups is 1. The average Bonchev–Trinajstić information content (AvgIpc) is 3.08. The molecule has 1 aliphatic heterocycles. The highest BCUT2D eigenvalue weighted by Crippen LogP contribution is 2.33. The number of nitrogens with one attached hydrogen (secondary N) is 1. The number of nitrogens with zero attached hydrogens (tertiary/aromatic N) is 2. The summed E-state index contributed by atoms with van der Waals surface area (Å²) in [7, 11) is 0. The first-order valence-electron chi connectivity index (χ1n) is 8.79. The molecule has 0 fully saturated rings. The molecule has 2 aromatic carbocycles. The maximum Gasteiger partial charge on any atom is 0.322 e. The molecule has 0 saturated heterocycles. The molecule has 1 N–H and O–H groups in total. The molecule has 0 radical (unpaired) electrons. The Morgan fingerprint density at radius 1 is 1.21 bits per heavy atom. The van der Waals surface area contributed by atoms with Crippen LogP contribution in [0.3, 0.4) is 0 Å². The van der Waals surface area contributed by atoms with Crippen molar-refractivity contribution in [2.45, 2.75) is 25.9 Å². The molecule has 0 aliphatic carbocycles. The molecule has 4 rings (SSSR count). The van der Waals surface area contributed by atoms with Crippen molar-refractivity contribution in [3.8, 4) is 11.3 Å². The van der Waals surface area contributed by atoms with Crippen LogP contribution in [0.1, 0.15) is 18.2 Å². The minimum atomic E-state index is -1.59. The zero-order valence-electron chi connectivity index (χ0n) is 15.2. The van der Waals surface area contributed by atoms with Gasteiger partial charge in [-0.05, 0) is 31.2 Å². The normalized spacial score (nSPS) is 15.9. The van der Waals surface area contributed by atoms with Crippen LogP contribution in [0.5, 0.6) is 0 Å². The van der Waals surface area contributed by atoms with Gasteiger partial charge in [0.25, 0.3) is 0 Å². The summed E-state index contributed by atoms with van der Waals surface area (Å²) in [6.45, 7) is 2.01. The number of aromatic nitrogens is 1. The molecular weight excluding hydrogens is 407 g/mol. The monoisotopic (exact) mass is 421 g/mol. The molecule has 5 nitrogen and oxygen atoms in total. The van der Waals surface area contributed by atoms with Crippen LogP contribution in [0.25, 0.3) is 11.3 Å². The number of amides is 2. The van der Waals surface area contributed by atoms with Gasteiger partial charge in [0.2, 0.25) is 0 Å². The van der Waals surface area contributed by atoms with E-state index < -0.39 is 23.5 Å². The van der Waals surface area contributed by atoms with Crippen molar-refractivity contribution in [3.63, 3.8) is 0 Å². The lowest BCUT2D eigenvalue weighted by Crippen LogP contribution is -2.44. The number of benzene rings is 2. The van der Waals surface area contributed by atoms with Gasteiger partial charge in [-0.2, -0.15) is 0 Å². The molecule has 0 saturated carbocycles. The maximum absolute atomic E-state index is 13.4. The molecule has 1 aromatic heterocycles. The van der Waals surface area contributed by atoms with Crippen molar-refractivity contribution in [2.24, 2.45) is 0 Å². The highest BCUT2D eigenvalue weighted by molar-refractivity contribution is 6.30. The van der Waals surface area contributed by atoms with Crippen molar-refractivity contribution >= 4 is 23.3 Å². The maximum atomic E-state index is 13.4. The Bertz CT molecular complexity index is 1060. The van der Waals surface area contributed by atoms with Crippen LogP contribution >= 0.6 is 11.6 Å². The van der Waals surface area contributed by atoms with Crippen LogP contribution in [0, 0.1) is 17.5 Å². The Balaban J connectivity index is 1.59. The second kappa shape index (κ2) is 7.44. The van der Waals surface area contributed by atoms with E-state index in [1.54, 1.807) is 24.3 Å². The van der Waals surface area contributed by atoms with Gasteiger partial charge in [-0.3, -0.25) is 0 Å². The minimum absolute atomic E-state index is 0.173. The summed E-state index contributed by atoms with van der Waals surface area (Å²) in [5.41, 5.74) is 2.08. The van der Waals surface area contributed by atoms with Crippen LogP contribution in [0.15, 0.2) is 40.9 Å². The zero-order valence-corrected chi connectivity index (χ0v) is 15.9. The largest absolute Gasteiger partial charge is 0.356 e. The molecule has 0 bridgehead atoms. The Morgan fingerprint density at radius 2 is 1.86 bits per heavy atom. The van der Waals surface area contributed by atoms with Crippen LogP contribution in [-0.2, 0) is 13.0 Å². The number of rotatable bonds is 2. The van der Waals surface area contributed by atoms with Crippen molar-refractivity contribution in [3.05, 3.63) is 70.1 Å². The second-order valence-electron chi connectivity index (χ2n) is 6.81. The Kier molecular flexibility index (Phi) is 4.96. The molecular formula is C20H15ClF3N3O2. The van der Waals surface area contributed by atoms with Crippen molar-refractivity contribution in [1.29, 1.82) is 0 Å². The number of halogens is 4. The molecule has 3 aromatic rings. The molecule has 1 atom stereocenters. The molecule has 29 heavy (non-hydrogen) atoms. The quantitative estimate of drug-likeness (QED) is 0.564. The highest BCUT2D eigenvalue weighted by atomic mass is 35.5. The van der Waals surface area contributed by atoms with E-state index in [1.807, 2.05) is 6.92 Å². The lowest BCUT2D eigenvalue weighted by molar-refractivity contribution is 0.182. The number of hydrogen-bond donors (Lipinski definition) is 1. The predicted octanol–water partition coefficient (Wildman–Crippen LogP) is 5.39. The molecule has 0 unspecified atom stereocenters. The van der Waals surface area contributed by atoms with Gasteiger partial charge in [-0.1, -0.05) is 16.8 Å². The number of anilines is 1. The molecule has 9 heteroatoms. The van der Waals surface area contributed by atoms with Crippen LogP contribution in [-0.4, -0.2) is 22.1 Å². The van der Waals surface area contributed by atoms with E-state index in [-0.39, 0.29) is 18.3 Å². The predicted molar refractivity (Wildman–Crippen MR) is 101 cm³/mol. The molecule has 2 amide bonds. The number of urea groups is 1. The highest BCUT2D eigenvalue weighted by Gasteiger charge is 2.32. The number of carbonyl (C=O) groups excluding carboxylic acids is 1. The molecule has 2 heterocycles. The van der Waals surface area contributed by atoms with Gasteiger partial charge in [0.1, 0.15) is 0 Å². The summed E-state index contributed by atoms with van der Waals surface area (Å²) < 4.78 is 45.5. The van der Waals surface area contributed by atoms with Crippen molar-refractivity contribution in [1.82, 2.24) is 10.1 Å². The lowest BCUT2D eigenvalue weighted by atomic mass is 9.98. The van der Waals surface area contributed by atoms with Gasteiger partial charge < -0.3 is 14.7 Å². The topological polar surface area (TPSA) is 58.4 Å². The third kappa shape index (κ3) is 3.67. The average molecular weight is 422 g/mol. The van der Waals surface area contributed by atoms with Gasteiger partial charge in [0.15, 0.2) is 23.2 Å². The first-order valence-corrected chi connectivity index (χ1v) is 9.17. The van der Waals surface area contributed by atoms with Crippen LogP contribution in [0.2, 0.25) is 5.02 Å². The van der Waals surface area contributed by atoms with Gasteiger partial charge in [-0.15, -0.1) is 0 Å². The standard InChI is InChI=1S/C20H15ClF3N3O2/c1-10-6-17-14(19(29-26-17)11-2-4-12(21)5-3-11)9-27(10)20(28)25-13-7-15(22)18(24)16(23)8-13/h2-5,7-8,10H,6,9H2,1H3,(H,25,28)/t10-/m0/s1. The van der Waals surface area contributed by atoms with Gasteiger partial charge >= 0.3 is 6.03 Å². The van der Waals surface area contributed by atoms with Gasteiger partial charge in [0.05, 0.1) is 12.2 Å². The first-order chi connectivity index (χ1) is 13.8. The smallest absolute Gasteiger partial charge is 0.322 e. The Morgan fingerprint density at radius 3 is 2.52 bits per heavy atom. The zero-order chi connectivity index (χ0) is 20.7. The third-order valence-electron chi connectivity index (χ3n) is 4.82. The molecule has 1 aliphatic rings. The van der Waals surface area contributed by atoms with E-state index in [1.165, 1.54) is 4.90 Å². The first kappa shape index (κ1) is 19.3.